The van der Waals surface area contributed by atoms with Gasteiger partial charge < -0.3 is 19.1 Å². The molecule has 2 aromatic carbocycles. The van der Waals surface area contributed by atoms with Gasteiger partial charge in [-0.3, -0.25) is 4.79 Å². The van der Waals surface area contributed by atoms with Crippen molar-refractivity contribution >= 4 is 5.91 Å². The number of nitrogens with zero attached hydrogens (tertiary/aromatic N) is 1. The summed E-state index contributed by atoms with van der Waals surface area (Å²) in [5.41, 5.74) is 1.80. The third-order valence-electron chi connectivity index (χ3n) is 5.14. The van der Waals surface area contributed by atoms with Gasteiger partial charge in [0.25, 0.3) is 5.91 Å². The van der Waals surface area contributed by atoms with E-state index in [1.54, 1.807) is 0 Å². The van der Waals surface area contributed by atoms with Crippen LogP contribution in [-0.2, 0) is 0 Å². The van der Waals surface area contributed by atoms with E-state index in [9.17, 15) is 4.79 Å². The van der Waals surface area contributed by atoms with Crippen LogP contribution < -0.4 is 14.2 Å². The molecule has 0 N–H and O–H groups in total. The summed E-state index contributed by atoms with van der Waals surface area (Å²) in [5.74, 6) is 2.42. The normalized spacial score (nSPS) is 18.8. The average molecular weight is 381 g/mol. The Labute approximate surface area is 166 Å². The first kappa shape index (κ1) is 18.7. The Morgan fingerprint density at radius 3 is 2.54 bits per heavy atom. The first-order chi connectivity index (χ1) is 13.6. The largest absolute Gasteiger partial charge is 0.491 e. The summed E-state index contributed by atoms with van der Waals surface area (Å²) in [6.45, 7) is 6.08. The van der Waals surface area contributed by atoms with Crippen LogP contribution in [0.3, 0.4) is 0 Å². The zero-order chi connectivity index (χ0) is 19.5. The van der Waals surface area contributed by atoms with Crippen molar-refractivity contribution in [3.63, 3.8) is 0 Å². The van der Waals surface area contributed by atoms with Gasteiger partial charge in [-0.05, 0) is 68.7 Å². The topological polar surface area (TPSA) is 48.0 Å². The SMILES string of the molecule is CC(C)Oc1ccc(C(=O)N2CCCC2c2ccc3c(c2)OCCCO3)cc1. The van der Waals surface area contributed by atoms with Crippen LogP contribution >= 0.6 is 0 Å². The Bertz CT molecular complexity index is 831. The molecular weight excluding hydrogens is 354 g/mol. The number of hydrogen-bond donors (Lipinski definition) is 0. The summed E-state index contributed by atoms with van der Waals surface area (Å²) >= 11 is 0. The molecule has 1 saturated heterocycles. The predicted molar refractivity (Wildman–Crippen MR) is 107 cm³/mol. The maximum absolute atomic E-state index is 13.1. The van der Waals surface area contributed by atoms with E-state index in [1.165, 1.54) is 0 Å². The highest BCUT2D eigenvalue weighted by molar-refractivity contribution is 5.94. The molecule has 1 unspecified atom stereocenters. The van der Waals surface area contributed by atoms with Crippen molar-refractivity contribution in [2.45, 2.75) is 45.3 Å². The van der Waals surface area contributed by atoms with Gasteiger partial charge in [-0.15, -0.1) is 0 Å². The molecular formula is C23H27NO4. The number of fused-ring (bicyclic) bond motifs is 1. The van der Waals surface area contributed by atoms with Crippen LogP contribution in [0.1, 0.15) is 55.1 Å². The van der Waals surface area contributed by atoms with Crippen LogP contribution in [0.4, 0.5) is 0 Å². The number of amides is 1. The monoisotopic (exact) mass is 381 g/mol. The molecule has 1 fully saturated rings. The highest BCUT2D eigenvalue weighted by Gasteiger charge is 2.31. The summed E-state index contributed by atoms with van der Waals surface area (Å²) in [7, 11) is 0. The van der Waals surface area contributed by atoms with Crippen LogP contribution in [-0.4, -0.2) is 36.7 Å². The molecule has 28 heavy (non-hydrogen) atoms. The first-order valence-electron chi connectivity index (χ1n) is 10.1. The summed E-state index contributed by atoms with van der Waals surface area (Å²) in [6, 6.07) is 13.6. The van der Waals surface area contributed by atoms with Crippen LogP contribution in [0.25, 0.3) is 0 Å². The van der Waals surface area contributed by atoms with Gasteiger partial charge in [0, 0.05) is 18.5 Å². The van der Waals surface area contributed by atoms with Crippen molar-refractivity contribution in [1.82, 2.24) is 4.90 Å². The number of carbonyl (C=O) groups excluding carboxylic acids is 1. The zero-order valence-electron chi connectivity index (χ0n) is 16.5. The fourth-order valence-corrected chi connectivity index (χ4v) is 3.86. The molecule has 5 heteroatoms. The molecule has 1 amide bonds. The standard InChI is InChI=1S/C23H27NO4/c1-16(2)28-19-9-6-17(7-10-19)23(25)24-12-3-5-20(24)18-8-11-21-22(15-18)27-14-4-13-26-21/h6-11,15-16,20H,3-5,12-14H2,1-2H3. The van der Waals surface area contributed by atoms with E-state index in [4.69, 9.17) is 14.2 Å². The fraction of sp³-hybridized carbons (Fsp3) is 0.435. The summed E-state index contributed by atoms with van der Waals surface area (Å²) in [6.07, 6.45) is 2.96. The maximum Gasteiger partial charge on any atom is 0.254 e. The zero-order valence-corrected chi connectivity index (χ0v) is 16.5. The Hall–Kier alpha value is -2.69. The molecule has 0 bridgehead atoms. The second kappa shape index (κ2) is 8.13. The molecule has 0 radical (unpaired) electrons. The van der Waals surface area contributed by atoms with E-state index in [2.05, 4.69) is 6.07 Å². The van der Waals surface area contributed by atoms with Gasteiger partial charge in [-0.25, -0.2) is 0 Å². The molecule has 5 nitrogen and oxygen atoms in total. The van der Waals surface area contributed by atoms with Crippen LogP contribution in [0, 0.1) is 0 Å². The molecule has 0 saturated carbocycles. The van der Waals surface area contributed by atoms with Crippen molar-refractivity contribution in [2.24, 2.45) is 0 Å². The van der Waals surface area contributed by atoms with Crippen molar-refractivity contribution < 1.29 is 19.0 Å². The van der Waals surface area contributed by atoms with Gasteiger partial charge >= 0.3 is 0 Å². The van der Waals surface area contributed by atoms with Crippen molar-refractivity contribution in [1.29, 1.82) is 0 Å². The molecule has 148 valence electrons. The smallest absolute Gasteiger partial charge is 0.254 e. The Kier molecular flexibility index (Phi) is 5.42. The van der Waals surface area contributed by atoms with E-state index < -0.39 is 0 Å². The molecule has 0 spiro atoms. The number of ether oxygens (including phenoxy) is 3. The summed E-state index contributed by atoms with van der Waals surface area (Å²) < 4.78 is 17.2. The molecule has 4 rings (SSSR count). The van der Waals surface area contributed by atoms with Gasteiger partial charge in [-0.2, -0.15) is 0 Å². The average Bonchev–Trinajstić information content (AvgIpc) is 3.06. The Morgan fingerprint density at radius 2 is 1.79 bits per heavy atom. The van der Waals surface area contributed by atoms with Gasteiger partial charge in [0.15, 0.2) is 11.5 Å². The number of rotatable bonds is 4. The number of benzene rings is 2. The number of likely N-dealkylation sites (tertiary alicyclic amines) is 1. The predicted octanol–water partition coefficient (Wildman–Crippen LogP) is 4.61. The van der Waals surface area contributed by atoms with Gasteiger partial charge in [0.2, 0.25) is 0 Å². The van der Waals surface area contributed by atoms with E-state index in [-0.39, 0.29) is 18.1 Å². The minimum Gasteiger partial charge on any atom is -0.491 e. The van der Waals surface area contributed by atoms with Gasteiger partial charge in [0.05, 0.1) is 25.4 Å². The second-order valence-electron chi connectivity index (χ2n) is 7.60. The van der Waals surface area contributed by atoms with E-state index in [1.807, 2.05) is 55.1 Å². The van der Waals surface area contributed by atoms with E-state index in [0.29, 0.717) is 18.8 Å². The summed E-state index contributed by atoms with van der Waals surface area (Å²) in [5, 5.41) is 0. The molecule has 0 aliphatic carbocycles. The van der Waals surface area contributed by atoms with Crippen molar-refractivity contribution in [2.75, 3.05) is 19.8 Å². The van der Waals surface area contributed by atoms with E-state index >= 15 is 0 Å². The Balaban J connectivity index is 1.53. The third kappa shape index (κ3) is 3.93. The quantitative estimate of drug-likeness (QED) is 0.776. The lowest BCUT2D eigenvalue weighted by Gasteiger charge is -2.26. The minimum absolute atomic E-state index is 0.0608. The lowest BCUT2D eigenvalue weighted by Crippen LogP contribution is -2.30. The van der Waals surface area contributed by atoms with Crippen LogP contribution in [0.15, 0.2) is 42.5 Å². The maximum atomic E-state index is 13.1. The van der Waals surface area contributed by atoms with Crippen molar-refractivity contribution in [3.8, 4) is 17.2 Å². The molecule has 2 aromatic rings. The second-order valence-corrected chi connectivity index (χ2v) is 7.60. The molecule has 0 aromatic heterocycles. The highest BCUT2D eigenvalue weighted by Crippen LogP contribution is 2.38. The number of carbonyl (C=O) groups is 1. The van der Waals surface area contributed by atoms with E-state index in [0.717, 1.165) is 48.6 Å². The number of hydrogen-bond acceptors (Lipinski definition) is 4. The molecule has 1 atom stereocenters. The molecule has 2 aliphatic rings. The third-order valence-corrected chi connectivity index (χ3v) is 5.14. The first-order valence-corrected chi connectivity index (χ1v) is 10.1. The lowest BCUT2D eigenvalue weighted by atomic mass is 10.0. The van der Waals surface area contributed by atoms with Gasteiger partial charge in [0.1, 0.15) is 5.75 Å². The van der Waals surface area contributed by atoms with Crippen LogP contribution in [0.2, 0.25) is 0 Å². The fourth-order valence-electron chi connectivity index (χ4n) is 3.86. The van der Waals surface area contributed by atoms with Gasteiger partial charge in [-0.1, -0.05) is 6.07 Å². The summed E-state index contributed by atoms with van der Waals surface area (Å²) in [4.78, 5) is 15.1. The highest BCUT2D eigenvalue weighted by atomic mass is 16.5. The minimum atomic E-state index is 0.0608. The Morgan fingerprint density at radius 1 is 1.04 bits per heavy atom. The van der Waals surface area contributed by atoms with Crippen molar-refractivity contribution in [3.05, 3.63) is 53.6 Å². The van der Waals surface area contributed by atoms with Crippen LogP contribution in [0.5, 0.6) is 17.2 Å². The molecule has 2 aliphatic heterocycles. The lowest BCUT2D eigenvalue weighted by molar-refractivity contribution is 0.0735. The molecule has 2 heterocycles.